The van der Waals surface area contributed by atoms with E-state index in [9.17, 15) is 4.79 Å². The molecule has 0 aliphatic rings. The molecule has 0 aliphatic carbocycles. The van der Waals surface area contributed by atoms with Crippen LogP contribution in [-0.4, -0.2) is 19.5 Å². The summed E-state index contributed by atoms with van der Waals surface area (Å²) in [5.74, 6) is 1.20. The predicted molar refractivity (Wildman–Crippen MR) is 124 cm³/mol. The van der Waals surface area contributed by atoms with Crippen molar-refractivity contribution in [3.8, 4) is 22.4 Å². The second-order valence-electron chi connectivity index (χ2n) is 6.85. The van der Waals surface area contributed by atoms with Gasteiger partial charge in [0, 0.05) is 18.0 Å². The smallest absolute Gasteiger partial charge is 0.260 e. The maximum absolute atomic E-state index is 12.8. The van der Waals surface area contributed by atoms with Gasteiger partial charge < -0.3 is 9.55 Å². The van der Waals surface area contributed by atoms with Gasteiger partial charge in [-0.25, -0.2) is 9.97 Å². The third-order valence-electron chi connectivity index (χ3n) is 4.93. The fourth-order valence-electron chi connectivity index (χ4n) is 3.43. The maximum atomic E-state index is 12.8. The molecular formula is C23H18N4OS2. The standard InChI is InChI=1S/C23H18N4OS2/c1-27-18(16-10-6-3-7-11-16)12-24-23(27)30-14-19-25-21(28)20-17(13-29-22(20)26-19)15-8-4-2-5-9-15/h2-13H,14H2,1H3,(H,25,26,28). The molecule has 0 bridgehead atoms. The van der Waals surface area contributed by atoms with Crippen LogP contribution in [0.4, 0.5) is 0 Å². The van der Waals surface area contributed by atoms with Crippen molar-refractivity contribution in [2.75, 3.05) is 0 Å². The fourth-order valence-corrected chi connectivity index (χ4v) is 5.22. The molecule has 0 atom stereocenters. The average molecular weight is 431 g/mol. The third-order valence-corrected chi connectivity index (χ3v) is 6.86. The lowest BCUT2D eigenvalue weighted by Gasteiger charge is -2.06. The Morgan fingerprint density at radius 3 is 2.47 bits per heavy atom. The number of hydrogen-bond acceptors (Lipinski definition) is 5. The van der Waals surface area contributed by atoms with E-state index in [1.54, 1.807) is 11.8 Å². The average Bonchev–Trinajstić information content (AvgIpc) is 3.37. The van der Waals surface area contributed by atoms with Crippen molar-refractivity contribution in [2.45, 2.75) is 10.9 Å². The first kappa shape index (κ1) is 18.8. The van der Waals surface area contributed by atoms with Gasteiger partial charge in [-0.15, -0.1) is 11.3 Å². The number of aromatic amines is 1. The van der Waals surface area contributed by atoms with E-state index in [0.29, 0.717) is 17.0 Å². The Morgan fingerprint density at radius 1 is 1.03 bits per heavy atom. The highest BCUT2D eigenvalue weighted by Crippen LogP contribution is 2.31. The Balaban J connectivity index is 1.41. The summed E-state index contributed by atoms with van der Waals surface area (Å²) in [6, 6.07) is 20.1. The van der Waals surface area contributed by atoms with E-state index < -0.39 is 0 Å². The van der Waals surface area contributed by atoms with Gasteiger partial charge in [0.25, 0.3) is 5.56 Å². The highest BCUT2D eigenvalue weighted by molar-refractivity contribution is 7.98. The molecule has 0 unspecified atom stereocenters. The molecule has 5 aromatic rings. The molecule has 3 aromatic heterocycles. The SMILES string of the molecule is Cn1c(-c2ccccc2)cnc1SCc1nc2scc(-c3ccccc3)c2c(=O)[nH]1. The van der Waals surface area contributed by atoms with E-state index in [4.69, 9.17) is 4.98 Å². The van der Waals surface area contributed by atoms with Gasteiger partial charge in [-0.3, -0.25) is 4.79 Å². The number of thioether (sulfide) groups is 1. The van der Waals surface area contributed by atoms with Gasteiger partial charge >= 0.3 is 0 Å². The van der Waals surface area contributed by atoms with Crippen molar-refractivity contribution < 1.29 is 0 Å². The maximum Gasteiger partial charge on any atom is 0.260 e. The van der Waals surface area contributed by atoms with Gasteiger partial charge in [0.2, 0.25) is 0 Å². The van der Waals surface area contributed by atoms with Crippen LogP contribution >= 0.6 is 23.1 Å². The highest BCUT2D eigenvalue weighted by Gasteiger charge is 2.14. The van der Waals surface area contributed by atoms with Gasteiger partial charge in [0.05, 0.1) is 23.0 Å². The molecule has 0 amide bonds. The summed E-state index contributed by atoms with van der Waals surface area (Å²) >= 11 is 3.06. The van der Waals surface area contributed by atoms with Crippen LogP contribution in [0.5, 0.6) is 0 Å². The van der Waals surface area contributed by atoms with Gasteiger partial charge in [0.1, 0.15) is 10.7 Å². The molecule has 148 valence electrons. The largest absolute Gasteiger partial charge is 0.322 e. The minimum Gasteiger partial charge on any atom is -0.322 e. The van der Waals surface area contributed by atoms with E-state index in [2.05, 4.69) is 26.7 Å². The first-order valence-electron chi connectivity index (χ1n) is 9.46. The number of rotatable bonds is 5. The molecule has 30 heavy (non-hydrogen) atoms. The van der Waals surface area contributed by atoms with Gasteiger partial charge in [-0.2, -0.15) is 0 Å². The molecule has 0 fully saturated rings. The Hall–Kier alpha value is -3.16. The Kier molecular flexibility index (Phi) is 4.98. The van der Waals surface area contributed by atoms with Crippen LogP contribution in [0.25, 0.3) is 32.6 Å². The minimum absolute atomic E-state index is 0.0967. The molecule has 0 aliphatic heterocycles. The van der Waals surface area contributed by atoms with E-state index in [1.807, 2.05) is 67.2 Å². The van der Waals surface area contributed by atoms with E-state index in [1.165, 1.54) is 11.3 Å². The Labute approximate surface area is 181 Å². The monoisotopic (exact) mass is 430 g/mol. The van der Waals surface area contributed by atoms with E-state index in [0.717, 1.165) is 32.4 Å². The zero-order valence-electron chi connectivity index (χ0n) is 16.2. The molecule has 0 saturated heterocycles. The third kappa shape index (κ3) is 3.46. The van der Waals surface area contributed by atoms with Crippen LogP contribution in [0.1, 0.15) is 5.82 Å². The molecule has 0 radical (unpaired) electrons. The number of aromatic nitrogens is 4. The highest BCUT2D eigenvalue weighted by atomic mass is 32.2. The van der Waals surface area contributed by atoms with Crippen LogP contribution < -0.4 is 5.56 Å². The number of nitrogens with zero attached hydrogens (tertiary/aromatic N) is 3. The van der Waals surface area contributed by atoms with Crippen LogP contribution in [0.15, 0.2) is 82.2 Å². The fraction of sp³-hybridized carbons (Fsp3) is 0.0870. The molecule has 1 N–H and O–H groups in total. The molecule has 2 aromatic carbocycles. The Morgan fingerprint density at radius 2 is 1.73 bits per heavy atom. The normalized spacial score (nSPS) is 11.2. The molecule has 0 spiro atoms. The first-order valence-corrected chi connectivity index (χ1v) is 11.3. The second-order valence-corrected chi connectivity index (χ2v) is 8.65. The van der Waals surface area contributed by atoms with Crippen molar-refractivity contribution in [3.63, 3.8) is 0 Å². The lowest BCUT2D eigenvalue weighted by Crippen LogP contribution is -2.10. The van der Waals surface area contributed by atoms with Crippen molar-refractivity contribution in [2.24, 2.45) is 7.05 Å². The molecule has 5 nitrogen and oxygen atoms in total. The number of imidazole rings is 1. The summed E-state index contributed by atoms with van der Waals surface area (Å²) in [6.45, 7) is 0. The Bertz CT molecular complexity index is 1370. The zero-order valence-corrected chi connectivity index (χ0v) is 17.8. The topological polar surface area (TPSA) is 63.6 Å². The van der Waals surface area contributed by atoms with Gasteiger partial charge in [-0.05, 0) is 11.1 Å². The number of nitrogens with one attached hydrogen (secondary N) is 1. The zero-order chi connectivity index (χ0) is 20.5. The van der Waals surface area contributed by atoms with Crippen molar-refractivity contribution in [3.05, 3.63) is 88.4 Å². The first-order chi connectivity index (χ1) is 14.7. The minimum atomic E-state index is -0.0967. The summed E-state index contributed by atoms with van der Waals surface area (Å²) in [4.78, 5) is 25.8. The summed E-state index contributed by atoms with van der Waals surface area (Å²) in [5.41, 5.74) is 4.04. The molecule has 7 heteroatoms. The van der Waals surface area contributed by atoms with Crippen LogP contribution in [0.3, 0.4) is 0 Å². The molecule has 5 rings (SSSR count). The van der Waals surface area contributed by atoms with Crippen LogP contribution in [0, 0.1) is 0 Å². The number of fused-ring (bicyclic) bond motifs is 1. The van der Waals surface area contributed by atoms with Crippen molar-refractivity contribution in [1.29, 1.82) is 0 Å². The lowest BCUT2D eigenvalue weighted by atomic mass is 10.1. The van der Waals surface area contributed by atoms with Crippen molar-refractivity contribution >= 4 is 33.3 Å². The van der Waals surface area contributed by atoms with Gasteiger partial charge in [0.15, 0.2) is 5.16 Å². The van der Waals surface area contributed by atoms with E-state index >= 15 is 0 Å². The van der Waals surface area contributed by atoms with Crippen LogP contribution in [0.2, 0.25) is 0 Å². The number of benzene rings is 2. The second kappa shape index (κ2) is 7.93. The number of H-pyrrole nitrogens is 1. The summed E-state index contributed by atoms with van der Waals surface area (Å²) < 4.78 is 2.06. The van der Waals surface area contributed by atoms with Gasteiger partial charge in [-0.1, -0.05) is 72.4 Å². The quantitative estimate of drug-likeness (QED) is 0.382. The number of hydrogen-bond donors (Lipinski definition) is 1. The number of thiophene rings is 1. The van der Waals surface area contributed by atoms with E-state index in [-0.39, 0.29) is 5.56 Å². The lowest BCUT2D eigenvalue weighted by molar-refractivity contribution is 0.795. The molecule has 0 saturated carbocycles. The van der Waals surface area contributed by atoms with Crippen LogP contribution in [-0.2, 0) is 12.8 Å². The summed E-state index contributed by atoms with van der Waals surface area (Å²) in [6.07, 6.45) is 1.88. The van der Waals surface area contributed by atoms with Crippen molar-refractivity contribution in [1.82, 2.24) is 19.5 Å². The molecule has 3 heterocycles. The summed E-state index contributed by atoms with van der Waals surface area (Å²) in [7, 11) is 2.00. The molecular weight excluding hydrogens is 412 g/mol. The predicted octanol–water partition coefficient (Wildman–Crippen LogP) is 5.34. The summed E-state index contributed by atoms with van der Waals surface area (Å²) in [5, 5.41) is 3.54.